The molecule has 0 atom stereocenters. The van der Waals surface area contributed by atoms with Crippen molar-refractivity contribution in [1.82, 2.24) is 9.97 Å². The minimum absolute atomic E-state index is 0.246. The molecule has 6 heteroatoms. The number of halogens is 4. The Hall–Kier alpha value is -2.27. The second-order valence-electron chi connectivity index (χ2n) is 4.72. The van der Waals surface area contributed by atoms with Gasteiger partial charge in [-0.15, -0.1) is 0 Å². The molecule has 0 saturated carbocycles. The fourth-order valence-corrected chi connectivity index (χ4v) is 2.30. The van der Waals surface area contributed by atoms with Crippen molar-refractivity contribution >= 4 is 33.7 Å². The molecule has 0 aliphatic rings. The fraction of sp³-hybridized carbons (Fsp3) is 0.0625. The van der Waals surface area contributed by atoms with Crippen molar-refractivity contribution in [3.63, 3.8) is 0 Å². The zero-order chi connectivity index (χ0) is 15.7. The van der Waals surface area contributed by atoms with Gasteiger partial charge in [0, 0.05) is 0 Å². The van der Waals surface area contributed by atoms with Gasteiger partial charge in [-0.25, -0.2) is 4.98 Å². The normalized spacial score (nSPS) is 12.8. The third-order valence-corrected chi connectivity index (χ3v) is 3.41. The number of imidazole rings is 1. The summed E-state index contributed by atoms with van der Waals surface area (Å²) in [6.45, 7) is 0. The van der Waals surface area contributed by atoms with Gasteiger partial charge in [0.2, 0.25) is 0 Å². The molecule has 3 aromatic rings. The van der Waals surface area contributed by atoms with Crippen LogP contribution in [-0.4, -0.2) is 9.97 Å². The summed E-state index contributed by atoms with van der Waals surface area (Å²) < 4.78 is 38.1. The maximum absolute atomic E-state index is 12.7. The van der Waals surface area contributed by atoms with Crippen molar-refractivity contribution < 1.29 is 13.2 Å². The molecule has 112 valence electrons. The molecule has 0 spiro atoms. The first kappa shape index (κ1) is 14.7. The summed E-state index contributed by atoms with van der Waals surface area (Å²) in [6.07, 6.45) is -2.93. The summed E-state index contributed by atoms with van der Waals surface area (Å²) in [5.74, 6) is 0.417. The van der Waals surface area contributed by atoms with Gasteiger partial charge in [-0.3, -0.25) is 0 Å². The second kappa shape index (κ2) is 5.50. The zero-order valence-corrected chi connectivity index (χ0v) is 11.9. The molecule has 2 aromatic carbocycles. The van der Waals surface area contributed by atoms with E-state index in [0.717, 1.165) is 23.2 Å². The predicted molar refractivity (Wildman–Crippen MR) is 81.3 cm³/mol. The van der Waals surface area contributed by atoms with Crippen molar-refractivity contribution in [3.05, 3.63) is 65.5 Å². The molecule has 2 nitrogen and oxygen atoms in total. The van der Waals surface area contributed by atoms with E-state index < -0.39 is 11.7 Å². The van der Waals surface area contributed by atoms with Crippen molar-refractivity contribution in [3.8, 4) is 0 Å². The maximum atomic E-state index is 12.7. The van der Waals surface area contributed by atoms with Crippen LogP contribution < -0.4 is 0 Å². The van der Waals surface area contributed by atoms with Gasteiger partial charge in [0.05, 0.1) is 21.6 Å². The number of hydrogen-bond acceptors (Lipinski definition) is 1. The van der Waals surface area contributed by atoms with Gasteiger partial charge in [-0.05, 0) is 35.9 Å². The highest BCUT2D eigenvalue weighted by Crippen LogP contribution is 2.30. The monoisotopic (exact) mass is 322 g/mol. The van der Waals surface area contributed by atoms with E-state index >= 15 is 0 Å². The number of nitrogens with zero attached hydrogens (tertiary/aromatic N) is 1. The van der Waals surface area contributed by atoms with E-state index in [1.165, 1.54) is 12.1 Å². The van der Waals surface area contributed by atoms with Gasteiger partial charge >= 0.3 is 6.18 Å². The van der Waals surface area contributed by atoms with Crippen LogP contribution in [0, 0.1) is 0 Å². The van der Waals surface area contributed by atoms with Crippen molar-refractivity contribution in [2.75, 3.05) is 0 Å². The van der Waals surface area contributed by atoms with Crippen LogP contribution in [0.4, 0.5) is 13.2 Å². The molecular weight excluding hydrogens is 313 g/mol. The lowest BCUT2D eigenvalue weighted by molar-refractivity contribution is -0.137. The van der Waals surface area contributed by atoms with E-state index in [-0.39, 0.29) is 5.03 Å². The zero-order valence-electron chi connectivity index (χ0n) is 11.2. The Morgan fingerprint density at radius 3 is 2.59 bits per heavy atom. The summed E-state index contributed by atoms with van der Waals surface area (Å²) >= 11 is 6.16. The maximum Gasteiger partial charge on any atom is 0.416 e. The number of hydrogen-bond donors (Lipinski definition) is 1. The topological polar surface area (TPSA) is 28.7 Å². The third-order valence-electron chi connectivity index (χ3n) is 3.12. The lowest BCUT2D eigenvalue weighted by atomic mass is 10.1. The van der Waals surface area contributed by atoms with Crippen LogP contribution in [0.2, 0.25) is 0 Å². The lowest BCUT2D eigenvalue weighted by Gasteiger charge is -2.06. The number of H-pyrrole nitrogens is 1. The van der Waals surface area contributed by atoms with Crippen LogP contribution in [0.15, 0.2) is 48.5 Å². The summed E-state index contributed by atoms with van der Waals surface area (Å²) in [5.41, 5.74) is 1.21. The summed E-state index contributed by atoms with van der Waals surface area (Å²) in [6, 6.07) is 12.3. The number of alkyl halides is 3. The number of nitrogens with one attached hydrogen (secondary N) is 1. The van der Waals surface area contributed by atoms with E-state index in [9.17, 15) is 13.2 Å². The highest BCUT2D eigenvalue weighted by molar-refractivity contribution is 6.50. The molecule has 0 unspecified atom stereocenters. The molecule has 0 amide bonds. The summed E-state index contributed by atoms with van der Waals surface area (Å²) in [7, 11) is 0. The van der Waals surface area contributed by atoms with E-state index in [1.54, 1.807) is 6.07 Å². The van der Waals surface area contributed by atoms with Gasteiger partial charge in [0.15, 0.2) is 0 Å². The lowest BCUT2D eigenvalue weighted by Crippen LogP contribution is -2.04. The number of rotatable bonds is 2. The number of para-hydroxylation sites is 2. The molecule has 1 heterocycles. The van der Waals surface area contributed by atoms with Crippen LogP contribution in [0.3, 0.4) is 0 Å². The third kappa shape index (κ3) is 2.99. The highest BCUT2D eigenvalue weighted by Gasteiger charge is 2.30. The minimum atomic E-state index is -4.38. The average Bonchev–Trinajstić information content (AvgIpc) is 2.90. The van der Waals surface area contributed by atoms with Gasteiger partial charge in [0.1, 0.15) is 5.82 Å². The van der Waals surface area contributed by atoms with Crippen LogP contribution in [0.5, 0.6) is 0 Å². The molecule has 1 N–H and O–H groups in total. The number of aromatic amines is 1. The first-order valence-corrected chi connectivity index (χ1v) is 6.81. The SMILES string of the molecule is FC(F)(F)c1cccc(/C=C(\Cl)c2nc3ccccc3[nH]2)c1. The smallest absolute Gasteiger partial charge is 0.337 e. The van der Waals surface area contributed by atoms with Gasteiger partial charge in [-0.1, -0.05) is 35.9 Å². The molecule has 3 rings (SSSR count). The molecule has 0 saturated heterocycles. The fourth-order valence-electron chi connectivity index (χ4n) is 2.09. The summed E-state index contributed by atoms with van der Waals surface area (Å²) in [5, 5.41) is 0.246. The molecule has 0 aliphatic carbocycles. The number of fused-ring (bicyclic) bond motifs is 1. The highest BCUT2D eigenvalue weighted by atomic mass is 35.5. The molecule has 1 aromatic heterocycles. The van der Waals surface area contributed by atoms with Gasteiger partial charge < -0.3 is 4.98 Å². The van der Waals surface area contributed by atoms with Crippen LogP contribution >= 0.6 is 11.6 Å². The Labute approximate surface area is 129 Å². The van der Waals surface area contributed by atoms with Crippen LogP contribution in [0.1, 0.15) is 17.0 Å². The number of aromatic nitrogens is 2. The number of benzene rings is 2. The molecule has 0 aliphatic heterocycles. The molecule has 0 bridgehead atoms. The van der Waals surface area contributed by atoms with E-state index in [4.69, 9.17) is 11.6 Å². The molecule has 22 heavy (non-hydrogen) atoms. The average molecular weight is 323 g/mol. The molecule has 0 fully saturated rings. The van der Waals surface area contributed by atoms with Crippen LogP contribution in [-0.2, 0) is 6.18 Å². The Morgan fingerprint density at radius 1 is 1.09 bits per heavy atom. The Morgan fingerprint density at radius 2 is 1.86 bits per heavy atom. The van der Waals surface area contributed by atoms with E-state index in [0.29, 0.717) is 11.4 Å². The second-order valence-corrected chi connectivity index (χ2v) is 5.13. The van der Waals surface area contributed by atoms with Gasteiger partial charge in [0.25, 0.3) is 0 Å². The first-order valence-electron chi connectivity index (χ1n) is 6.43. The Kier molecular flexibility index (Phi) is 3.66. The van der Waals surface area contributed by atoms with Crippen molar-refractivity contribution in [2.24, 2.45) is 0 Å². The minimum Gasteiger partial charge on any atom is -0.337 e. The Balaban J connectivity index is 1.97. The standard InChI is InChI=1S/C16H10ClF3N2/c17-12(15-21-13-6-1-2-7-14(13)22-15)9-10-4-3-5-11(8-10)16(18,19)20/h1-9H,(H,21,22)/b12-9-. The summed E-state index contributed by atoms with van der Waals surface area (Å²) in [4.78, 5) is 7.33. The van der Waals surface area contributed by atoms with Crippen molar-refractivity contribution in [2.45, 2.75) is 6.18 Å². The molecular formula is C16H10ClF3N2. The van der Waals surface area contributed by atoms with Crippen molar-refractivity contribution in [1.29, 1.82) is 0 Å². The molecule has 0 radical (unpaired) electrons. The van der Waals surface area contributed by atoms with E-state index in [2.05, 4.69) is 9.97 Å². The van der Waals surface area contributed by atoms with E-state index in [1.807, 2.05) is 24.3 Å². The predicted octanol–water partition coefficient (Wildman–Crippen LogP) is 5.32. The quantitative estimate of drug-likeness (QED) is 0.679. The first-order chi connectivity index (χ1) is 10.4. The largest absolute Gasteiger partial charge is 0.416 e. The van der Waals surface area contributed by atoms with Gasteiger partial charge in [-0.2, -0.15) is 13.2 Å². The Bertz CT molecular complexity index is 817. The van der Waals surface area contributed by atoms with Crippen LogP contribution in [0.25, 0.3) is 22.1 Å².